The maximum absolute atomic E-state index is 13.3. The topological polar surface area (TPSA) is 90.2 Å². The third kappa shape index (κ3) is 5.22. The van der Waals surface area contributed by atoms with Gasteiger partial charge in [0.15, 0.2) is 0 Å². The van der Waals surface area contributed by atoms with Gasteiger partial charge < -0.3 is 10.4 Å². The molecule has 5 nitrogen and oxygen atoms in total. The molecular weight excluding hydrogens is 400 g/mol. The molecule has 0 unspecified atom stereocenters. The van der Waals surface area contributed by atoms with Gasteiger partial charge in [0, 0.05) is 12.8 Å². The minimum absolute atomic E-state index is 0.0487. The highest BCUT2D eigenvalue weighted by Crippen LogP contribution is 2.42. The lowest BCUT2D eigenvalue weighted by atomic mass is 9.67. The number of aliphatic carboxylic acids is 1. The van der Waals surface area contributed by atoms with Gasteiger partial charge in [-0.2, -0.15) is 5.26 Å². The third-order valence-corrected chi connectivity index (χ3v) is 5.64. The molecule has 1 amide bonds. The molecule has 0 spiro atoms. The summed E-state index contributed by atoms with van der Waals surface area (Å²) >= 11 is 0. The Bertz CT molecular complexity index is 964. The van der Waals surface area contributed by atoms with Gasteiger partial charge in [-0.25, -0.2) is 4.79 Å². The standard InChI is InChI=1S/C27H26N2O3/c28-19-11-10-18-24(26(31)32)29-25(30)20-27(21-12-4-1-5-13-21,22-14-6-2-7-15-22)23-16-8-3-9-17-23/h1-9,12-17,24H,10-11,18,20H2,(H,29,30)(H,31,32)/t24-/m0/s1. The van der Waals surface area contributed by atoms with Crippen molar-refractivity contribution in [2.45, 2.75) is 37.1 Å². The number of hydrogen-bond acceptors (Lipinski definition) is 3. The smallest absolute Gasteiger partial charge is 0.326 e. The highest BCUT2D eigenvalue weighted by molar-refractivity contribution is 5.85. The second-order valence-electron chi connectivity index (χ2n) is 7.69. The molecule has 0 bridgehead atoms. The summed E-state index contributed by atoms with van der Waals surface area (Å²) in [6, 6.07) is 30.4. The summed E-state index contributed by atoms with van der Waals surface area (Å²) in [6.45, 7) is 0. The summed E-state index contributed by atoms with van der Waals surface area (Å²) in [5, 5.41) is 21.0. The van der Waals surface area contributed by atoms with Crippen molar-refractivity contribution < 1.29 is 14.7 Å². The predicted molar refractivity (Wildman–Crippen MR) is 123 cm³/mol. The Morgan fingerprint density at radius 2 is 1.28 bits per heavy atom. The lowest BCUT2D eigenvalue weighted by Crippen LogP contribution is -2.44. The van der Waals surface area contributed by atoms with Crippen LogP contribution in [0, 0.1) is 11.3 Å². The van der Waals surface area contributed by atoms with Gasteiger partial charge in [0.05, 0.1) is 11.5 Å². The zero-order valence-electron chi connectivity index (χ0n) is 17.8. The third-order valence-electron chi connectivity index (χ3n) is 5.64. The normalized spacial score (nSPS) is 11.8. The lowest BCUT2D eigenvalue weighted by Gasteiger charge is -2.36. The molecule has 0 aromatic heterocycles. The highest BCUT2D eigenvalue weighted by atomic mass is 16.4. The quantitative estimate of drug-likeness (QED) is 0.364. The summed E-state index contributed by atoms with van der Waals surface area (Å²) in [4.78, 5) is 25.0. The van der Waals surface area contributed by atoms with Gasteiger partial charge >= 0.3 is 5.97 Å². The number of benzene rings is 3. The molecule has 162 valence electrons. The number of carbonyl (C=O) groups is 2. The summed E-state index contributed by atoms with van der Waals surface area (Å²) in [5.74, 6) is -1.45. The van der Waals surface area contributed by atoms with Crippen molar-refractivity contribution in [3.63, 3.8) is 0 Å². The first-order chi connectivity index (χ1) is 15.6. The Labute approximate surface area is 188 Å². The molecule has 32 heavy (non-hydrogen) atoms. The number of unbranched alkanes of at least 4 members (excludes halogenated alkanes) is 1. The fraction of sp³-hybridized carbons (Fsp3) is 0.222. The summed E-state index contributed by atoms with van der Waals surface area (Å²) in [7, 11) is 0. The van der Waals surface area contributed by atoms with Crippen LogP contribution in [0.3, 0.4) is 0 Å². The van der Waals surface area contributed by atoms with Gasteiger partial charge in [-0.1, -0.05) is 91.0 Å². The fourth-order valence-corrected chi connectivity index (χ4v) is 4.10. The van der Waals surface area contributed by atoms with Crippen LogP contribution in [0.15, 0.2) is 91.0 Å². The number of nitrogens with zero attached hydrogens (tertiary/aromatic N) is 1. The maximum Gasteiger partial charge on any atom is 0.326 e. The van der Waals surface area contributed by atoms with E-state index in [1.807, 2.05) is 97.1 Å². The van der Waals surface area contributed by atoms with E-state index in [0.29, 0.717) is 6.42 Å². The van der Waals surface area contributed by atoms with Gasteiger partial charge in [0.25, 0.3) is 0 Å². The Morgan fingerprint density at radius 3 is 1.66 bits per heavy atom. The van der Waals surface area contributed by atoms with Gasteiger partial charge in [-0.15, -0.1) is 0 Å². The van der Waals surface area contributed by atoms with Crippen molar-refractivity contribution in [2.75, 3.05) is 0 Å². The van der Waals surface area contributed by atoms with Crippen molar-refractivity contribution in [1.82, 2.24) is 5.32 Å². The van der Waals surface area contributed by atoms with E-state index in [4.69, 9.17) is 5.26 Å². The Kier molecular flexibility index (Phi) is 7.77. The van der Waals surface area contributed by atoms with Crippen LogP contribution in [0.2, 0.25) is 0 Å². The highest BCUT2D eigenvalue weighted by Gasteiger charge is 2.39. The van der Waals surface area contributed by atoms with E-state index in [0.717, 1.165) is 16.7 Å². The SMILES string of the molecule is N#CCCC[C@H](NC(=O)CC(c1ccccc1)(c1ccccc1)c1ccccc1)C(=O)O. The van der Waals surface area contributed by atoms with Crippen LogP contribution in [0.1, 0.15) is 42.4 Å². The van der Waals surface area contributed by atoms with Crippen molar-refractivity contribution in [3.05, 3.63) is 108 Å². The Morgan fingerprint density at radius 1 is 0.844 bits per heavy atom. The molecule has 1 atom stereocenters. The van der Waals surface area contributed by atoms with Crippen molar-refractivity contribution >= 4 is 11.9 Å². The monoisotopic (exact) mass is 426 g/mol. The largest absolute Gasteiger partial charge is 0.480 e. The first kappa shape index (κ1) is 22.8. The zero-order chi connectivity index (χ0) is 22.8. The van der Waals surface area contributed by atoms with E-state index in [1.165, 1.54) is 0 Å². The second kappa shape index (κ2) is 10.9. The van der Waals surface area contributed by atoms with Crippen LogP contribution in [0.25, 0.3) is 0 Å². The molecule has 3 aromatic rings. The minimum atomic E-state index is -1.10. The number of hydrogen-bond donors (Lipinski definition) is 2. The van der Waals surface area contributed by atoms with Crippen LogP contribution in [-0.4, -0.2) is 23.0 Å². The molecule has 0 fully saturated rings. The average molecular weight is 427 g/mol. The summed E-state index contributed by atoms with van der Waals surface area (Å²) in [6.07, 6.45) is 0.924. The first-order valence-corrected chi connectivity index (χ1v) is 10.6. The van der Waals surface area contributed by atoms with Gasteiger partial charge in [0.2, 0.25) is 5.91 Å². The van der Waals surface area contributed by atoms with Crippen LogP contribution >= 0.6 is 0 Å². The van der Waals surface area contributed by atoms with Crippen molar-refractivity contribution in [1.29, 1.82) is 5.26 Å². The van der Waals surface area contributed by atoms with E-state index in [2.05, 4.69) is 5.32 Å². The summed E-state index contributed by atoms with van der Waals surface area (Å²) < 4.78 is 0. The molecule has 3 aromatic carbocycles. The van der Waals surface area contributed by atoms with E-state index in [1.54, 1.807) is 0 Å². The van der Waals surface area contributed by atoms with Crippen LogP contribution in [0.5, 0.6) is 0 Å². The van der Waals surface area contributed by atoms with Gasteiger partial charge in [-0.3, -0.25) is 4.79 Å². The molecule has 0 radical (unpaired) electrons. The number of carboxylic acid groups (broad SMARTS) is 1. The Balaban J connectivity index is 2.04. The molecule has 0 heterocycles. The number of carboxylic acids is 1. The number of amides is 1. The second-order valence-corrected chi connectivity index (χ2v) is 7.69. The molecular formula is C27H26N2O3. The van der Waals surface area contributed by atoms with Crippen molar-refractivity contribution in [2.24, 2.45) is 0 Å². The molecule has 0 aliphatic rings. The number of carbonyl (C=O) groups excluding carboxylic acids is 1. The summed E-state index contributed by atoms with van der Waals surface area (Å²) in [5.41, 5.74) is 2.06. The molecule has 0 saturated heterocycles. The van der Waals surface area contributed by atoms with E-state index in [9.17, 15) is 14.7 Å². The maximum atomic E-state index is 13.3. The van der Waals surface area contributed by atoms with Crippen molar-refractivity contribution in [3.8, 4) is 6.07 Å². The van der Waals surface area contributed by atoms with E-state index in [-0.39, 0.29) is 25.2 Å². The zero-order valence-corrected chi connectivity index (χ0v) is 17.8. The minimum Gasteiger partial charge on any atom is -0.480 e. The molecule has 3 rings (SSSR count). The van der Waals surface area contributed by atoms with E-state index >= 15 is 0 Å². The number of nitrogens with one attached hydrogen (secondary N) is 1. The number of nitriles is 1. The first-order valence-electron chi connectivity index (χ1n) is 10.6. The van der Waals surface area contributed by atoms with Gasteiger partial charge in [0.1, 0.15) is 6.04 Å². The molecule has 0 saturated carbocycles. The molecule has 0 aliphatic heterocycles. The number of rotatable bonds is 10. The fourth-order valence-electron chi connectivity index (χ4n) is 4.10. The van der Waals surface area contributed by atoms with Gasteiger partial charge in [-0.05, 0) is 29.5 Å². The molecule has 0 aliphatic carbocycles. The molecule has 2 N–H and O–H groups in total. The van der Waals surface area contributed by atoms with Crippen LogP contribution in [-0.2, 0) is 15.0 Å². The predicted octanol–water partition coefficient (Wildman–Crippen LogP) is 4.67. The lowest BCUT2D eigenvalue weighted by molar-refractivity contribution is -0.142. The Hall–Kier alpha value is -3.91. The molecule has 5 heteroatoms. The van der Waals surface area contributed by atoms with E-state index < -0.39 is 17.4 Å². The van der Waals surface area contributed by atoms with Crippen LogP contribution in [0.4, 0.5) is 0 Å². The van der Waals surface area contributed by atoms with Crippen LogP contribution < -0.4 is 5.32 Å². The average Bonchev–Trinajstić information content (AvgIpc) is 2.83.